The Labute approximate surface area is 139 Å². The van der Waals surface area contributed by atoms with Gasteiger partial charge in [-0.3, -0.25) is 0 Å². The highest BCUT2D eigenvalue weighted by Crippen LogP contribution is 2.28. The van der Waals surface area contributed by atoms with Gasteiger partial charge in [-0.1, -0.05) is 6.07 Å². The van der Waals surface area contributed by atoms with Crippen molar-refractivity contribution < 1.29 is 9.84 Å². The molecule has 0 spiro atoms. The Morgan fingerprint density at radius 2 is 2.00 bits per heavy atom. The molecule has 24 heavy (non-hydrogen) atoms. The Hall–Kier alpha value is -3.26. The second kappa shape index (κ2) is 6.09. The maximum atomic E-state index is 9.66. The second-order valence-electron chi connectivity index (χ2n) is 5.64. The van der Waals surface area contributed by atoms with Crippen LogP contribution in [-0.2, 0) is 0 Å². The zero-order chi connectivity index (χ0) is 17.3. The van der Waals surface area contributed by atoms with Crippen LogP contribution in [0.1, 0.15) is 22.5 Å². The molecular weight excluding hydrogens is 302 g/mol. The van der Waals surface area contributed by atoms with Crippen LogP contribution in [0.2, 0.25) is 0 Å². The van der Waals surface area contributed by atoms with Gasteiger partial charge in [-0.05, 0) is 60.9 Å². The first-order valence-corrected chi connectivity index (χ1v) is 7.48. The van der Waals surface area contributed by atoms with Gasteiger partial charge in [0.15, 0.2) is 11.5 Å². The Balaban J connectivity index is 2.07. The predicted octanol–water partition coefficient (Wildman–Crippen LogP) is 3.96. The Bertz CT molecular complexity index is 955. The van der Waals surface area contributed by atoms with Crippen LogP contribution >= 0.6 is 0 Å². The number of hydrogen-bond acceptors (Lipinski definition) is 4. The zero-order valence-electron chi connectivity index (χ0n) is 13.7. The molecule has 0 saturated carbocycles. The smallest absolute Gasteiger partial charge is 0.161 e. The molecule has 0 bridgehead atoms. The van der Waals surface area contributed by atoms with Crippen LogP contribution in [0.5, 0.6) is 11.5 Å². The summed E-state index contributed by atoms with van der Waals surface area (Å²) >= 11 is 0. The zero-order valence-corrected chi connectivity index (χ0v) is 13.7. The van der Waals surface area contributed by atoms with E-state index in [4.69, 9.17) is 4.74 Å². The Morgan fingerprint density at radius 3 is 2.71 bits per heavy atom. The van der Waals surface area contributed by atoms with Gasteiger partial charge in [0, 0.05) is 0 Å². The summed E-state index contributed by atoms with van der Waals surface area (Å²) in [7, 11) is 1.48. The van der Waals surface area contributed by atoms with Crippen molar-refractivity contribution in [1.29, 1.82) is 5.26 Å². The highest BCUT2D eigenvalue weighted by atomic mass is 16.5. The number of aryl methyl sites for hydroxylation is 2. The number of benzene rings is 2. The number of allylic oxidation sites excluding steroid dienone is 1. The number of hydrogen-bond donors (Lipinski definition) is 2. The lowest BCUT2D eigenvalue weighted by Gasteiger charge is -2.04. The first kappa shape index (κ1) is 15.6. The van der Waals surface area contributed by atoms with Crippen molar-refractivity contribution in [3.8, 4) is 17.6 Å². The second-order valence-corrected chi connectivity index (χ2v) is 5.64. The fourth-order valence-electron chi connectivity index (χ4n) is 2.50. The number of ether oxygens (including phenoxy) is 1. The van der Waals surface area contributed by atoms with E-state index in [2.05, 4.69) is 16.0 Å². The highest BCUT2D eigenvalue weighted by Gasteiger charge is 2.10. The fourth-order valence-corrected chi connectivity index (χ4v) is 2.50. The molecule has 0 aliphatic rings. The molecule has 3 rings (SSSR count). The molecule has 120 valence electrons. The average molecular weight is 319 g/mol. The maximum absolute atomic E-state index is 9.66. The molecule has 0 radical (unpaired) electrons. The first-order chi connectivity index (χ1) is 11.5. The number of aromatic hydroxyl groups is 1. The van der Waals surface area contributed by atoms with Crippen LogP contribution in [0.4, 0.5) is 0 Å². The molecule has 0 saturated heterocycles. The molecule has 2 aromatic carbocycles. The molecule has 2 N–H and O–H groups in total. The van der Waals surface area contributed by atoms with Gasteiger partial charge >= 0.3 is 0 Å². The quantitative estimate of drug-likeness (QED) is 0.716. The van der Waals surface area contributed by atoms with Gasteiger partial charge in [-0.2, -0.15) is 5.26 Å². The molecule has 0 aliphatic carbocycles. The van der Waals surface area contributed by atoms with Gasteiger partial charge < -0.3 is 14.8 Å². The lowest BCUT2D eigenvalue weighted by Crippen LogP contribution is -1.87. The number of fused-ring (bicyclic) bond motifs is 1. The van der Waals surface area contributed by atoms with Crippen LogP contribution in [-0.4, -0.2) is 22.2 Å². The third kappa shape index (κ3) is 2.82. The van der Waals surface area contributed by atoms with E-state index in [1.54, 1.807) is 18.2 Å². The van der Waals surface area contributed by atoms with Gasteiger partial charge in [0.1, 0.15) is 11.9 Å². The van der Waals surface area contributed by atoms with E-state index in [0.29, 0.717) is 17.1 Å². The molecule has 0 atom stereocenters. The third-order valence-corrected chi connectivity index (χ3v) is 3.99. The predicted molar refractivity (Wildman–Crippen MR) is 93.7 cm³/mol. The molecule has 1 aromatic heterocycles. The number of nitriles is 1. The number of rotatable bonds is 3. The topological polar surface area (TPSA) is 81.9 Å². The molecule has 0 fully saturated rings. The monoisotopic (exact) mass is 319 g/mol. The van der Waals surface area contributed by atoms with E-state index < -0.39 is 0 Å². The largest absolute Gasteiger partial charge is 0.504 e. The molecule has 3 aromatic rings. The molecule has 0 aliphatic heterocycles. The molecule has 5 nitrogen and oxygen atoms in total. The maximum Gasteiger partial charge on any atom is 0.161 e. The number of aromatic amines is 1. The number of phenols is 1. The Kier molecular flexibility index (Phi) is 3.97. The van der Waals surface area contributed by atoms with Crippen molar-refractivity contribution in [3.63, 3.8) is 0 Å². The van der Waals surface area contributed by atoms with E-state index in [9.17, 15) is 10.4 Å². The minimum Gasteiger partial charge on any atom is -0.504 e. The van der Waals surface area contributed by atoms with Crippen LogP contribution < -0.4 is 4.74 Å². The van der Waals surface area contributed by atoms with Crippen molar-refractivity contribution >= 4 is 22.7 Å². The number of nitrogens with one attached hydrogen (secondary N) is 1. The molecular formula is C19H17N3O2. The van der Waals surface area contributed by atoms with E-state index in [-0.39, 0.29) is 5.75 Å². The summed E-state index contributed by atoms with van der Waals surface area (Å²) in [5.41, 5.74) is 5.22. The SMILES string of the molecule is COc1cc(/C=C(\C#N)c2nc3cc(C)c(C)cc3[nH]2)ccc1O. The number of phenolic OH excluding ortho intramolecular Hbond substituents is 1. The van der Waals surface area contributed by atoms with E-state index >= 15 is 0 Å². The van der Waals surface area contributed by atoms with Crippen molar-refractivity contribution in [3.05, 3.63) is 52.8 Å². The molecule has 0 amide bonds. The molecule has 0 unspecified atom stereocenters. The van der Waals surface area contributed by atoms with Crippen molar-refractivity contribution in [2.24, 2.45) is 0 Å². The lowest BCUT2D eigenvalue weighted by molar-refractivity contribution is 0.373. The van der Waals surface area contributed by atoms with Crippen LogP contribution in [0.3, 0.4) is 0 Å². The van der Waals surface area contributed by atoms with E-state index in [1.807, 2.05) is 26.0 Å². The third-order valence-electron chi connectivity index (χ3n) is 3.99. The summed E-state index contributed by atoms with van der Waals surface area (Å²) in [5, 5.41) is 19.2. The van der Waals surface area contributed by atoms with Gasteiger partial charge in [-0.25, -0.2) is 4.98 Å². The standard InChI is InChI=1S/C19H17N3O2/c1-11-6-15-16(7-12(11)2)22-19(21-15)14(10-20)8-13-4-5-17(23)18(9-13)24-3/h4-9,23H,1-3H3,(H,21,22)/b14-8+. The molecule has 1 heterocycles. The lowest BCUT2D eigenvalue weighted by atomic mass is 10.1. The van der Waals surface area contributed by atoms with Gasteiger partial charge in [0.25, 0.3) is 0 Å². The average Bonchev–Trinajstić information content (AvgIpc) is 2.96. The van der Waals surface area contributed by atoms with E-state index in [0.717, 1.165) is 22.2 Å². The summed E-state index contributed by atoms with van der Waals surface area (Å²) in [6.45, 7) is 4.08. The summed E-state index contributed by atoms with van der Waals surface area (Å²) < 4.78 is 5.10. The first-order valence-electron chi connectivity index (χ1n) is 7.48. The van der Waals surface area contributed by atoms with Crippen molar-refractivity contribution in [2.75, 3.05) is 7.11 Å². The summed E-state index contributed by atoms with van der Waals surface area (Å²) in [4.78, 5) is 7.71. The summed E-state index contributed by atoms with van der Waals surface area (Å²) in [6.07, 6.45) is 1.71. The van der Waals surface area contributed by atoms with Gasteiger partial charge in [0.2, 0.25) is 0 Å². The fraction of sp³-hybridized carbons (Fsp3) is 0.158. The summed E-state index contributed by atoms with van der Waals surface area (Å²) in [5.74, 6) is 0.935. The minimum atomic E-state index is 0.0582. The van der Waals surface area contributed by atoms with E-state index in [1.165, 1.54) is 18.7 Å². The number of H-pyrrole nitrogens is 1. The number of nitrogens with zero attached hydrogens (tertiary/aromatic N) is 2. The normalized spacial score (nSPS) is 11.5. The minimum absolute atomic E-state index is 0.0582. The van der Waals surface area contributed by atoms with Crippen LogP contribution in [0, 0.1) is 25.2 Å². The summed E-state index contributed by atoms with van der Waals surface area (Å²) in [6, 6.07) is 11.1. The van der Waals surface area contributed by atoms with Gasteiger partial charge in [-0.15, -0.1) is 0 Å². The van der Waals surface area contributed by atoms with Crippen LogP contribution in [0.15, 0.2) is 30.3 Å². The molecule has 5 heteroatoms. The Morgan fingerprint density at radius 1 is 1.25 bits per heavy atom. The highest BCUT2D eigenvalue weighted by molar-refractivity contribution is 5.90. The van der Waals surface area contributed by atoms with Gasteiger partial charge in [0.05, 0.1) is 23.7 Å². The van der Waals surface area contributed by atoms with Crippen molar-refractivity contribution in [2.45, 2.75) is 13.8 Å². The number of aromatic nitrogens is 2. The van der Waals surface area contributed by atoms with Crippen LogP contribution in [0.25, 0.3) is 22.7 Å². The number of methoxy groups -OCH3 is 1. The van der Waals surface area contributed by atoms with Crippen molar-refractivity contribution in [1.82, 2.24) is 9.97 Å². The number of imidazole rings is 1.